The van der Waals surface area contributed by atoms with Gasteiger partial charge in [-0.3, -0.25) is 0 Å². The summed E-state index contributed by atoms with van der Waals surface area (Å²) < 4.78 is 5.37. The van der Waals surface area contributed by atoms with Gasteiger partial charge in [-0.05, 0) is 31.0 Å². The standard InChI is InChI=1S/C12H16O4/c1-3-10(13)7-16-11-6-9(12(14)15)5-4-8(11)2/h4-6,10,13H,3,7H2,1-2H3,(H,14,15). The molecule has 0 radical (unpaired) electrons. The highest BCUT2D eigenvalue weighted by Gasteiger charge is 2.08. The summed E-state index contributed by atoms with van der Waals surface area (Å²) in [5.74, 6) is -0.478. The SMILES string of the molecule is CCC(O)COc1cc(C(=O)O)ccc1C. The minimum Gasteiger partial charge on any atom is -0.491 e. The van der Waals surface area contributed by atoms with Gasteiger partial charge in [0.2, 0.25) is 0 Å². The molecule has 0 aromatic heterocycles. The molecule has 0 saturated heterocycles. The van der Waals surface area contributed by atoms with Crippen molar-refractivity contribution in [3.63, 3.8) is 0 Å². The van der Waals surface area contributed by atoms with Crippen LogP contribution in [-0.2, 0) is 0 Å². The number of aliphatic hydroxyl groups is 1. The largest absolute Gasteiger partial charge is 0.491 e. The summed E-state index contributed by atoms with van der Waals surface area (Å²) in [4.78, 5) is 10.8. The maximum Gasteiger partial charge on any atom is 0.335 e. The quantitative estimate of drug-likeness (QED) is 0.800. The van der Waals surface area contributed by atoms with Crippen LogP contribution in [0.1, 0.15) is 29.3 Å². The predicted octanol–water partition coefficient (Wildman–Crippen LogP) is 1.84. The summed E-state index contributed by atoms with van der Waals surface area (Å²) in [7, 11) is 0. The van der Waals surface area contributed by atoms with Gasteiger partial charge in [0.05, 0.1) is 11.7 Å². The van der Waals surface area contributed by atoms with Crippen molar-refractivity contribution in [2.45, 2.75) is 26.4 Å². The van der Waals surface area contributed by atoms with Gasteiger partial charge in [0.1, 0.15) is 12.4 Å². The lowest BCUT2D eigenvalue weighted by atomic mass is 10.1. The van der Waals surface area contributed by atoms with Crippen molar-refractivity contribution >= 4 is 5.97 Å². The maximum atomic E-state index is 10.8. The van der Waals surface area contributed by atoms with Gasteiger partial charge in [0.15, 0.2) is 0 Å². The van der Waals surface area contributed by atoms with Crippen molar-refractivity contribution in [3.05, 3.63) is 29.3 Å². The molecule has 1 unspecified atom stereocenters. The minimum atomic E-state index is -0.985. The van der Waals surface area contributed by atoms with Crippen LogP contribution in [0.5, 0.6) is 5.75 Å². The van der Waals surface area contributed by atoms with E-state index >= 15 is 0 Å². The first-order chi connectivity index (χ1) is 7.54. The van der Waals surface area contributed by atoms with E-state index in [1.54, 1.807) is 6.07 Å². The Labute approximate surface area is 94.5 Å². The molecular weight excluding hydrogens is 208 g/mol. The number of aliphatic hydroxyl groups excluding tert-OH is 1. The van der Waals surface area contributed by atoms with Gasteiger partial charge in [-0.2, -0.15) is 0 Å². The number of carboxylic acid groups (broad SMARTS) is 1. The third kappa shape index (κ3) is 3.24. The molecule has 0 bridgehead atoms. The summed E-state index contributed by atoms with van der Waals surface area (Å²) in [5, 5.41) is 18.2. The number of ether oxygens (including phenoxy) is 1. The molecule has 16 heavy (non-hydrogen) atoms. The first-order valence-corrected chi connectivity index (χ1v) is 5.19. The van der Waals surface area contributed by atoms with E-state index in [2.05, 4.69) is 0 Å². The minimum absolute atomic E-state index is 0.181. The molecular formula is C12H16O4. The van der Waals surface area contributed by atoms with Crippen molar-refractivity contribution in [1.29, 1.82) is 0 Å². The first-order valence-electron chi connectivity index (χ1n) is 5.19. The lowest BCUT2D eigenvalue weighted by molar-refractivity contribution is 0.0696. The zero-order valence-electron chi connectivity index (χ0n) is 9.43. The molecule has 1 rings (SSSR count). The second-order valence-electron chi connectivity index (χ2n) is 3.66. The Morgan fingerprint density at radius 2 is 2.19 bits per heavy atom. The van der Waals surface area contributed by atoms with E-state index in [4.69, 9.17) is 9.84 Å². The molecule has 0 fully saturated rings. The molecule has 0 aliphatic rings. The number of rotatable bonds is 5. The van der Waals surface area contributed by atoms with E-state index in [9.17, 15) is 9.90 Å². The van der Waals surface area contributed by atoms with Gasteiger partial charge in [0.25, 0.3) is 0 Å². The van der Waals surface area contributed by atoms with E-state index in [0.29, 0.717) is 12.2 Å². The average Bonchev–Trinajstić information content (AvgIpc) is 2.27. The zero-order chi connectivity index (χ0) is 12.1. The Kier molecular flexibility index (Phi) is 4.31. The second-order valence-corrected chi connectivity index (χ2v) is 3.66. The molecule has 0 aliphatic heterocycles. The first kappa shape index (κ1) is 12.5. The highest BCUT2D eigenvalue weighted by Crippen LogP contribution is 2.20. The molecule has 88 valence electrons. The average molecular weight is 224 g/mol. The second kappa shape index (κ2) is 5.51. The summed E-state index contributed by atoms with van der Waals surface area (Å²) >= 11 is 0. The van der Waals surface area contributed by atoms with Gasteiger partial charge < -0.3 is 14.9 Å². The van der Waals surface area contributed by atoms with Crippen molar-refractivity contribution < 1.29 is 19.7 Å². The van der Waals surface area contributed by atoms with E-state index in [0.717, 1.165) is 5.56 Å². The molecule has 1 aromatic carbocycles. The number of benzene rings is 1. The van der Waals surface area contributed by atoms with Gasteiger partial charge in [-0.1, -0.05) is 13.0 Å². The number of hydrogen-bond acceptors (Lipinski definition) is 3. The highest BCUT2D eigenvalue weighted by molar-refractivity contribution is 5.88. The molecule has 4 heteroatoms. The predicted molar refractivity (Wildman–Crippen MR) is 59.9 cm³/mol. The Balaban J connectivity index is 2.78. The maximum absolute atomic E-state index is 10.8. The van der Waals surface area contributed by atoms with Gasteiger partial charge in [-0.25, -0.2) is 4.79 Å². The topological polar surface area (TPSA) is 66.8 Å². The van der Waals surface area contributed by atoms with Crippen molar-refractivity contribution in [2.75, 3.05) is 6.61 Å². The summed E-state index contributed by atoms with van der Waals surface area (Å²) in [5.41, 5.74) is 1.04. The molecule has 1 aromatic rings. The third-order valence-electron chi connectivity index (χ3n) is 2.34. The van der Waals surface area contributed by atoms with Crippen molar-refractivity contribution in [3.8, 4) is 5.75 Å². The lowest BCUT2D eigenvalue weighted by Gasteiger charge is -2.12. The number of aromatic carboxylic acids is 1. The molecule has 0 saturated carbocycles. The summed E-state index contributed by atoms with van der Waals surface area (Å²) in [6.45, 7) is 3.87. The van der Waals surface area contributed by atoms with E-state index in [-0.39, 0.29) is 12.2 Å². The Hall–Kier alpha value is -1.55. The van der Waals surface area contributed by atoms with Gasteiger partial charge >= 0.3 is 5.97 Å². The van der Waals surface area contributed by atoms with E-state index in [1.807, 2.05) is 13.8 Å². The molecule has 4 nitrogen and oxygen atoms in total. The van der Waals surface area contributed by atoms with Crippen LogP contribution in [0.3, 0.4) is 0 Å². The van der Waals surface area contributed by atoms with Crippen LogP contribution < -0.4 is 4.74 Å². The van der Waals surface area contributed by atoms with Crippen LogP contribution >= 0.6 is 0 Å². The Bertz CT molecular complexity index is 373. The zero-order valence-corrected chi connectivity index (χ0v) is 9.43. The fraction of sp³-hybridized carbons (Fsp3) is 0.417. The van der Waals surface area contributed by atoms with Crippen LogP contribution in [0.4, 0.5) is 0 Å². The van der Waals surface area contributed by atoms with E-state index < -0.39 is 12.1 Å². The monoisotopic (exact) mass is 224 g/mol. The highest BCUT2D eigenvalue weighted by atomic mass is 16.5. The summed E-state index contributed by atoms with van der Waals surface area (Å²) in [6.07, 6.45) is 0.0883. The fourth-order valence-corrected chi connectivity index (χ4v) is 1.19. The third-order valence-corrected chi connectivity index (χ3v) is 2.34. The number of carboxylic acids is 1. The van der Waals surface area contributed by atoms with Gasteiger partial charge in [0, 0.05) is 0 Å². The van der Waals surface area contributed by atoms with Crippen LogP contribution in [0.25, 0.3) is 0 Å². The number of hydrogen-bond donors (Lipinski definition) is 2. The molecule has 0 amide bonds. The van der Waals surface area contributed by atoms with Crippen LogP contribution in [0, 0.1) is 6.92 Å². The van der Waals surface area contributed by atoms with E-state index in [1.165, 1.54) is 12.1 Å². The van der Waals surface area contributed by atoms with Crippen LogP contribution in [0.2, 0.25) is 0 Å². The lowest BCUT2D eigenvalue weighted by Crippen LogP contribution is -2.16. The summed E-state index contributed by atoms with van der Waals surface area (Å²) in [6, 6.07) is 4.69. The molecule has 0 spiro atoms. The Morgan fingerprint density at radius 1 is 1.50 bits per heavy atom. The fourth-order valence-electron chi connectivity index (χ4n) is 1.19. The Morgan fingerprint density at radius 3 is 2.75 bits per heavy atom. The van der Waals surface area contributed by atoms with Crippen molar-refractivity contribution in [1.82, 2.24) is 0 Å². The smallest absolute Gasteiger partial charge is 0.335 e. The van der Waals surface area contributed by atoms with Crippen molar-refractivity contribution in [2.24, 2.45) is 0 Å². The molecule has 0 aliphatic carbocycles. The number of aryl methyl sites for hydroxylation is 1. The van der Waals surface area contributed by atoms with Crippen LogP contribution in [0.15, 0.2) is 18.2 Å². The van der Waals surface area contributed by atoms with Crippen LogP contribution in [-0.4, -0.2) is 28.9 Å². The molecule has 0 heterocycles. The number of carbonyl (C=O) groups is 1. The molecule has 2 N–H and O–H groups in total. The van der Waals surface area contributed by atoms with Gasteiger partial charge in [-0.15, -0.1) is 0 Å². The normalized spacial score (nSPS) is 12.2. The molecule has 1 atom stereocenters.